The zero-order valence-electron chi connectivity index (χ0n) is 21.3. The lowest BCUT2D eigenvalue weighted by atomic mass is 9.78. The van der Waals surface area contributed by atoms with Crippen LogP contribution in [0.4, 0.5) is 0 Å². The summed E-state index contributed by atoms with van der Waals surface area (Å²) in [6, 6.07) is 13.7. The van der Waals surface area contributed by atoms with E-state index >= 15 is 0 Å². The number of nitrogens with one attached hydrogen (secondary N) is 1. The molecule has 7 nitrogen and oxygen atoms in total. The number of likely N-dealkylation sites (N-methyl/N-ethyl adjacent to an activating group) is 1. The normalized spacial score (nSPS) is 19.2. The van der Waals surface area contributed by atoms with Gasteiger partial charge in [0, 0.05) is 30.7 Å². The number of halogens is 3. The molecule has 1 unspecified atom stereocenters. The second-order valence-electron chi connectivity index (χ2n) is 9.58. The number of ether oxygens (including phenoxy) is 1. The zero-order valence-corrected chi connectivity index (χ0v) is 24.4. The maximum atomic E-state index is 12.9. The average Bonchev–Trinajstić information content (AvgIpc) is 2.82. The second kappa shape index (κ2) is 13.6. The van der Waals surface area contributed by atoms with Gasteiger partial charge in [0.05, 0.1) is 16.7 Å². The molecule has 2 aromatic rings. The molecule has 0 radical (unpaired) electrons. The molecular formula is C26H34Cl3N3O4S. The Hall–Kier alpha value is -1.39. The molecule has 0 saturated heterocycles. The van der Waals surface area contributed by atoms with Gasteiger partial charge in [0.25, 0.3) is 0 Å². The van der Waals surface area contributed by atoms with Gasteiger partial charge in [-0.2, -0.15) is 4.31 Å². The van der Waals surface area contributed by atoms with E-state index < -0.39 is 10.0 Å². The predicted octanol–water partition coefficient (Wildman–Crippen LogP) is 5.26. The van der Waals surface area contributed by atoms with Crippen molar-refractivity contribution in [2.75, 3.05) is 40.9 Å². The van der Waals surface area contributed by atoms with Crippen molar-refractivity contribution < 1.29 is 17.9 Å². The van der Waals surface area contributed by atoms with E-state index in [1.807, 2.05) is 6.07 Å². The number of hydrogen-bond acceptors (Lipinski definition) is 5. The molecule has 0 heterocycles. The second-order valence-corrected chi connectivity index (χ2v) is 12.8. The summed E-state index contributed by atoms with van der Waals surface area (Å²) in [5.41, 5.74) is 1.32. The molecule has 3 rings (SSSR count). The highest BCUT2D eigenvalue weighted by atomic mass is 35.5. The maximum absolute atomic E-state index is 12.9. The largest absolute Gasteiger partial charge is 0.370 e. The lowest BCUT2D eigenvalue weighted by Gasteiger charge is -2.37. The fourth-order valence-electron chi connectivity index (χ4n) is 4.90. The van der Waals surface area contributed by atoms with Crippen molar-refractivity contribution in [3.8, 4) is 0 Å². The van der Waals surface area contributed by atoms with Gasteiger partial charge in [-0.15, -0.1) is 0 Å². The Balaban J connectivity index is 1.42. The molecule has 1 saturated carbocycles. The van der Waals surface area contributed by atoms with Crippen LogP contribution in [0.1, 0.15) is 37.3 Å². The summed E-state index contributed by atoms with van der Waals surface area (Å²) in [6.07, 6.45) is 3.89. The van der Waals surface area contributed by atoms with Gasteiger partial charge >= 0.3 is 0 Å². The van der Waals surface area contributed by atoms with E-state index in [0.29, 0.717) is 12.0 Å². The van der Waals surface area contributed by atoms with Crippen molar-refractivity contribution in [2.45, 2.75) is 42.7 Å². The van der Waals surface area contributed by atoms with Crippen molar-refractivity contribution in [3.05, 3.63) is 63.1 Å². The van der Waals surface area contributed by atoms with E-state index in [2.05, 4.69) is 48.6 Å². The number of benzene rings is 2. The van der Waals surface area contributed by atoms with Gasteiger partial charge in [-0.05, 0) is 63.4 Å². The standard InChI is InChI=1S/C26H34Cl3N3O4S/c1-31(2)25(18-7-5-4-6-8-18)19-9-11-21(12-10-19)30-24(33)17-36-14-13-32(3)37(34,35)26-22(28)15-20(27)16-23(26)29/h4-8,15-16,19,21,25H,9-14,17H2,1-3H3,(H,30,33). The summed E-state index contributed by atoms with van der Waals surface area (Å²) >= 11 is 18.0. The first kappa shape index (κ1) is 30.2. The van der Waals surface area contributed by atoms with Crippen molar-refractivity contribution in [1.82, 2.24) is 14.5 Å². The Morgan fingerprint density at radius 1 is 1.03 bits per heavy atom. The van der Waals surface area contributed by atoms with E-state index in [9.17, 15) is 13.2 Å². The SMILES string of the molecule is CN(C)C(c1ccccc1)C1CCC(NC(=O)COCCN(C)S(=O)(=O)c2c(Cl)cc(Cl)cc2Cl)CC1. The summed E-state index contributed by atoms with van der Waals surface area (Å²) < 4.78 is 32.3. The van der Waals surface area contributed by atoms with Crippen LogP contribution in [0.2, 0.25) is 15.1 Å². The third kappa shape index (κ3) is 8.05. The lowest BCUT2D eigenvalue weighted by molar-refractivity contribution is -0.126. The molecule has 0 aromatic heterocycles. The molecule has 1 fully saturated rings. The first-order chi connectivity index (χ1) is 17.5. The molecule has 0 bridgehead atoms. The quantitative estimate of drug-likeness (QED) is 0.361. The van der Waals surface area contributed by atoms with E-state index in [1.54, 1.807) is 0 Å². The number of amides is 1. The molecule has 0 spiro atoms. The molecule has 1 N–H and O–H groups in total. The van der Waals surface area contributed by atoms with Crippen LogP contribution >= 0.6 is 34.8 Å². The molecule has 1 atom stereocenters. The van der Waals surface area contributed by atoms with Gasteiger partial charge in [-0.1, -0.05) is 65.1 Å². The van der Waals surface area contributed by atoms with Crippen molar-refractivity contribution >= 4 is 50.7 Å². The van der Waals surface area contributed by atoms with Crippen LogP contribution in [0, 0.1) is 5.92 Å². The minimum absolute atomic E-state index is 0.0292. The number of hydrogen-bond donors (Lipinski definition) is 1. The zero-order chi connectivity index (χ0) is 27.2. The highest BCUT2D eigenvalue weighted by Crippen LogP contribution is 2.37. The summed E-state index contributed by atoms with van der Waals surface area (Å²) in [6.45, 7) is -0.0671. The van der Waals surface area contributed by atoms with Gasteiger partial charge in [0.2, 0.25) is 15.9 Å². The highest BCUT2D eigenvalue weighted by Gasteiger charge is 2.31. The lowest BCUT2D eigenvalue weighted by Crippen LogP contribution is -2.41. The molecule has 1 aliphatic rings. The number of nitrogens with zero attached hydrogens (tertiary/aromatic N) is 2. The Bertz CT molecular complexity index is 1130. The smallest absolute Gasteiger partial charge is 0.246 e. The van der Waals surface area contributed by atoms with Gasteiger partial charge in [-0.25, -0.2) is 8.42 Å². The topological polar surface area (TPSA) is 79.0 Å². The fraction of sp³-hybridized carbons (Fsp3) is 0.500. The average molecular weight is 591 g/mol. The first-order valence-electron chi connectivity index (χ1n) is 12.2. The van der Waals surface area contributed by atoms with Crippen molar-refractivity contribution in [2.24, 2.45) is 5.92 Å². The Morgan fingerprint density at radius 3 is 2.19 bits per heavy atom. The molecule has 2 aromatic carbocycles. The van der Waals surface area contributed by atoms with Crippen molar-refractivity contribution in [3.63, 3.8) is 0 Å². The summed E-state index contributed by atoms with van der Waals surface area (Å²) in [4.78, 5) is 14.5. The van der Waals surface area contributed by atoms with Gasteiger partial charge in [0.1, 0.15) is 11.5 Å². The fourth-order valence-corrected chi connectivity index (χ4v) is 7.54. The first-order valence-corrected chi connectivity index (χ1v) is 14.8. The summed E-state index contributed by atoms with van der Waals surface area (Å²) in [7, 11) is 1.68. The number of rotatable bonds is 11. The molecular weight excluding hydrogens is 557 g/mol. The van der Waals surface area contributed by atoms with Crippen LogP contribution in [0.25, 0.3) is 0 Å². The Labute approximate surface area is 235 Å². The van der Waals surface area contributed by atoms with Crippen LogP contribution in [0.3, 0.4) is 0 Å². The van der Waals surface area contributed by atoms with Crippen molar-refractivity contribution in [1.29, 1.82) is 0 Å². The summed E-state index contributed by atoms with van der Waals surface area (Å²) in [5, 5.41) is 3.19. The summed E-state index contributed by atoms with van der Waals surface area (Å²) in [5.74, 6) is 0.326. The van der Waals surface area contributed by atoms with E-state index in [-0.39, 0.29) is 51.7 Å². The van der Waals surface area contributed by atoms with E-state index in [4.69, 9.17) is 39.5 Å². The van der Waals surface area contributed by atoms with E-state index in [1.165, 1.54) is 24.7 Å². The highest BCUT2D eigenvalue weighted by molar-refractivity contribution is 7.89. The van der Waals surface area contributed by atoms with Crippen LogP contribution in [0.15, 0.2) is 47.4 Å². The monoisotopic (exact) mass is 589 g/mol. The Kier molecular flexibility index (Phi) is 11.1. The predicted molar refractivity (Wildman–Crippen MR) is 149 cm³/mol. The number of carbonyl (C=O) groups is 1. The van der Waals surface area contributed by atoms with Gasteiger partial charge in [-0.3, -0.25) is 4.79 Å². The van der Waals surface area contributed by atoms with Crippen LogP contribution < -0.4 is 5.32 Å². The van der Waals surface area contributed by atoms with Crippen LogP contribution in [-0.4, -0.2) is 70.5 Å². The number of sulfonamides is 1. The molecule has 11 heteroatoms. The van der Waals surface area contributed by atoms with Gasteiger partial charge in [0.15, 0.2) is 0 Å². The molecule has 0 aliphatic heterocycles. The maximum Gasteiger partial charge on any atom is 0.246 e. The Morgan fingerprint density at radius 2 is 1.62 bits per heavy atom. The molecule has 1 aliphatic carbocycles. The molecule has 1 amide bonds. The molecule has 204 valence electrons. The van der Waals surface area contributed by atoms with Crippen LogP contribution in [0.5, 0.6) is 0 Å². The third-order valence-corrected chi connectivity index (χ3v) is 9.69. The minimum Gasteiger partial charge on any atom is -0.370 e. The van der Waals surface area contributed by atoms with Crippen LogP contribution in [-0.2, 0) is 19.6 Å². The minimum atomic E-state index is -3.95. The molecule has 37 heavy (non-hydrogen) atoms. The number of carbonyl (C=O) groups excluding carboxylic acids is 1. The third-order valence-electron chi connectivity index (χ3n) is 6.70. The van der Waals surface area contributed by atoms with E-state index in [0.717, 1.165) is 30.0 Å². The van der Waals surface area contributed by atoms with Gasteiger partial charge < -0.3 is 15.0 Å².